The molecule has 0 spiro atoms. The maximum Gasteiger partial charge on any atom is 0.292 e. The van der Waals surface area contributed by atoms with Crippen LogP contribution in [0.15, 0.2) is 22.7 Å². The molecule has 0 saturated heterocycles. The van der Waals surface area contributed by atoms with Crippen LogP contribution in [0.25, 0.3) is 11.5 Å². The molecule has 1 amide bonds. The molecule has 0 fully saturated rings. The molecular formula is C10H9FN4O2. The van der Waals surface area contributed by atoms with E-state index < -0.39 is 11.7 Å². The molecule has 1 aromatic heterocycles. The molecule has 0 unspecified atom stereocenters. The lowest BCUT2D eigenvalue weighted by Crippen LogP contribution is -2.19. The largest absolute Gasteiger partial charge is 0.399 e. The van der Waals surface area contributed by atoms with Crippen LogP contribution in [0.2, 0.25) is 0 Å². The van der Waals surface area contributed by atoms with Gasteiger partial charge in [-0.2, -0.15) is 4.98 Å². The second-order valence-electron chi connectivity index (χ2n) is 3.24. The van der Waals surface area contributed by atoms with Gasteiger partial charge in [-0.1, -0.05) is 5.16 Å². The maximum absolute atomic E-state index is 13.5. The summed E-state index contributed by atoms with van der Waals surface area (Å²) in [5.41, 5.74) is 5.95. The monoisotopic (exact) mass is 236 g/mol. The van der Waals surface area contributed by atoms with Crippen molar-refractivity contribution in [3.8, 4) is 11.5 Å². The molecule has 0 aliphatic rings. The minimum Gasteiger partial charge on any atom is -0.399 e. The molecule has 2 rings (SSSR count). The fourth-order valence-corrected chi connectivity index (χ4v) is 1.24. The highest BCUT2D eigenvalue weighted by Gasteiger charge is 2.17. The number of nitrogens with two attached hydrogens (primary N) is 1. The molecule has 0 aliphatic heterocycles. The Morgan fingerprint density at radius 3 is 3.00 bits per heavy atom. The molecule has 88 valence electrons. The molecule has 0 bridgehead atoms. The van der Waals surface area contributed by atoms with Gasteiger partial charge in [0, 0.05) is 12.7 Å². The zero-order valence-electron chi connectivity index (χ0n) is 8.90. The van der Waals surface area contributed by atoms with Gasteiger partial charge >= 0.3 is 0 Å². The fourth-order valence-electron chi connectivity index (χ4n) is 1.24. The van der Waals surface area contributed by atoms with E-state index in [1.54, 1.807) is 0 Å². The van der Waals surface area contributed by atoms with E-state index in [2.05, 4.69) is 15.5 Å². The van der Waals surface area contributed by atoms with Crippen LogP contribution in [0, 0.1) is 5.82 Å². The standard InChI is InChI=1S/C10H9FN4O2/c1-13-9(16)8-14-10(17-15-8)6-4-5(12)2-3-7(6)11/h2-4H,12H2,1H3,(H,13,16). The summed E-state index contributed by atoms with van der Waals surface area (Å²) in [7, 11) is 1.43. The minimum atomic E-state index is -0.550. The zero-order chi connectivity index (χ0) is 12.4. The summed E-state index contributed by atoms with van der Waals surface area (Å²) in [6.07, 6.45) is 0. The molecule has 1 aromatic carbocycles. The fraction of sp³-hybridized carbons (Fsp3) is 0.100. The molecule has 3 N–H and O–H groups in total. The summed E-state index contributed by atoms with van der Waals surface area (Å²) in [5.74, 6) is -1.31. The number of nitrogen functional groups attached to an aromatic ring is 1. The SMILES string of the molecule is CNC(=O)c1noc(-c2cc(N)ccc2F)n1. The van der Waals surface area contributed by atoms with Gasteiger partial charge < -0.3 is 15.6 Å². The summed E-state index contributed by atoms with van der Waals surface area (Å²) in [5, 5.41) is 5.76. The third-order valence-corrected chi connectivity index (χ3v) is 2.08. The Morgan fingerprint density at radius 2 is 2.29 bits per heavy atom. The van der Waals surface area contributed by atoms with E-state index in [-0.39, 0.29) is 17.3 Å². The van der Waals surface area contributed by atoms with E-state index in [0.29, 0.717) is 5.69 Å². The molecule has 2 aromatic rings. The normalized spacial score (nSPS) is 10.2. The van der Waals surface area contributed by atoms with Crippen molar-refractivity contribution in [3.63, 3.8) is 0 Å². The predicted molar refractivity (Wildman–Crippen MR) is 57.5 cm³/mol. The Kier molecular flexibility index (Phi) is 2.73. The number of hydrogen-bond acceptors (Lipinski definition) is 5. The smallest absolute Gasteiger partial charge is 0.292 e. The highest BCUT2D eigenvalue weighted by atomic mass is 19.1. The summed E-state index contributed by atoms with van der Waals surface area (Å²) in [6, 6.07) is 3.96. The molecule has 0 saturated carbocycles. The first-order valence-electron chi connectivity index (χ1n) is 4.73. The van der Waals surface area contributed by atoms with Crippen LogP contribution >= 0.6 is 0 Å². The van der Waals surface area contributed by atoms with Gasteiger partial charge in [-0.25, -0.2) is 4.39 Å². The molecule has 7 heteroatoms. The third-order valence-electron chi connectivity index (χ3n) is 2.08. The lowest BCUT2D eigenvalue weighted by Gasteiger charge is -1.98. The van der Waals surface area contributed by atoms with Crippen LogP contribution in [0.4, 0.5) is 10.1 Å². The van der Waals surface area contributed by atoms with Gasteiger partial charge in [0.05, 0.1) is 5.56 Å². The van der Waals surface area contributed by atoms with E-state index in [0.717, 1.165) is 0 Å². The number of aromatic nitrogens is 2. The van der Waals surface area contributed by atoms with E-state index in [1.807, 2.05) is 0 Å². The van der Waals surface area contributed by atoms with E-state index in [9.17, 15) is 9.18 Å². The number of rotatable bonds is 2. The predicted octanol–water partition coefficient (Wildman–Crippen LogP) is 0.818. The summed E-state index contributed by atoms with van der Waals surface area (Å²) >= 11 is 0. The molecular weight excluding hydrogens is 227 g/mol. The maximum atomic E-state index is 13.5. The van der Waals surface area contributed by atoms with Gasteiger partial charge in [0.1, 0.15) is 5.82 Å². The van der Waals surface area contributed by atoms with Crippen LogP contribution in [-0.4, -0.2) is 23.1 Å². The van der Waals surface area contributed by atoms with Crippen molar-refractivity contribution in [1.82, 2.24) is 15.5 Å². The Bertz CT molecular complexity index is 567. The molecule has 0 aliphatic carbocycles. The summed E-state index contributed by atoms with van der Waals surface area (Å²) < 4.78 is 18.3. The van der Waals surface area contributed by atoms with E-state index >= 15 is 0 Å². The van der Waals surface area contributed by atoms with Crippen molar-refractivity contribution in [3.05, 3.63) is 29.8 Å². The number of nitrogens with one attached hydrogen (secondary N) is 1. The second-order valence-corrected chi connectivity index (χ2v) is 3.24. The lowest BCUT2D eigenvalue weighted by molar-refractivity contribution is 0.0950. The highest BCUT2D eigenvalue weighted by Crippen LogP contribution is 2.23. The van der Waals surface area contributed by atoms with Crippen molar-refractivity contribution < 1.29 is 13.7 Å². The molecule has 17 heavy (non-hydrogen) atoms. The zero-order valence-corrected chi connectivity index (χ0v) is 8.90. The number of carbonyl (C=O) groups excluding carboxylic acids is 1. The minimum absolute atomic E-state index is 0.0626. The third kappa shape index (κ3) is 2.07. The van der Waals surface area contributed by atoms with Gasteiger partial charge in [0.2, 0.25) is 0 Å². The highest BCUT2D eigenvalue weighted by molar-refractivity contribution is 5.90. The summed E-state index contributed by atoms with van der Waals surface area (Å²) in [4.78, 5) is 15.0. The topological polar surface area (TPSA) is 94.0 Å². The quantitative estimate of drug-likeness (QED) is 0.753. The van der Waals surface area contributed by atoms with Crippen LogP contribution in [0.3, 0.4) is 0 Å². The lowest BCUT2D eigenvalue weighted by atomic mass is 10.2. The number of amides is 1. The van der Waals surface area contributed by atoms with Crippen LogP contribution in [-0.2, 0) is 0 Å². The number of nitrogens with zero attached hydrogens (tertiary/aromatic N) is 2. The average Bonchev–Trinajstić information content (AvgIpc) is 2.80. The number of halogens is 1. The van der Waals surface area contributed by atoms with Gasteiger partial charge in [-0.3, -0.25) is 4.79 Å². The van der Waals surface area contributed by atoms with Gasteiger partial charge in [-0.15, -0.1) is 0 Å². The summed E-state index contributed by atoms with van der Waals surface area (Å²) in [6.45, 7) is 0. The van der Waals surface area contributed by atoms with Gasteiger partial charge in [-0.05, 0) is 18.2 Å². The van der Waals surface area contributed by atoms with E-state index in [1.165, 1.54) is 25.2 Å². The van der Waals surface area contributed by atoms with Crippen LogP contribution in [0.5, 0.6) is 0 Å². The Morgan fingerprint density at radius 1 is 1.53 bits per heavy atom. The number of benzene rings is 1. The number of hydrogen-bond donors (Lipinski definition) is 2. The molecule has 1 heterocycles. The van der Waals surface area contributed by atoms with Gasteiger partial charge in [0.25, 0.3) is 17.6 Å². The molecule has 0 radical (unpaired) electrons. The van der Waals surface area contributed by atoms with E-state index in [4.69, 9.17) is 10.3 Å². The Labute approximate surface area is 95.6 Å². The molecule has 6 nitrogen and oxygen atoms in total. The Balaban J connectivity index is 2.43. The van der Waals surface area contributed by atoms with Crippen molar-refractivity contribution in [2.75, 3.05) is 12.8 Å². The van der Waals surface area contributed by atoms with Crippen molar-refractivity contribution in [2.45, 2.75) is 0 Å². The van der Waals surface area contributed by atoms with Crippen molar-refractivity contribution in [2.24, 2.45) is 0 Å². The van der Waals surface area contributed by atoms with Crippen LogP contribution in [0.1, 0.15) is 10.6 Å². The van der Waals surface area contributed by atoms with Crippen molar-refractivity contribution >= 4 is 11.6 Å². The first kappa shape index (κ1) is 11.1. The van der Waals surface area contributed by atoms with Crippen molar-refractivity contribution in [1.29, 1.82) is 0 Å². The number of carbonyl (C=O) groups is 1. The first-order valence-corrected chi connectivity index (χ1v) is 4.73. The second kappa shape index (κ2) is 4.20. The first-order chi connectivity index (χ1) is 8.11. The molecule has 0 atom stereocenters. The van der Waals surface area contributed by atoms with Gasteiger partial charge in [0.15, 0.2) is 0 Å². The van der Waals surface area contributed by atoms with Crippen LogP contribution < -0.4 is 11.1 Å². The Hall–Kier alpha value is -2.44. The number of anilines is 1. The average molecular weight is 236 g/mol.